The van der Waals surface area contributed by atoms with Crippen LogP contribution in [0.1, 0.15) is 0 Å². The average Bonchev–Trinajstić information content (AvgIpc) is 2.82. The summed E-state index contributed by atoms with van der Waals surface area (Å²) in [4.78, 5) is 1.43. The van der Waals surface area contributed by atoms with Gasteiger partial charge < -0.3 is 10.3 Å². The molecular formula is C12H9N4O2S-. The number of aromatic nitrogens is 3. The summed E-state index contributed by atoms with van der Waals surface area (Å²) in [6.45, 7) is 0. The number of nitrogens with two attached hydrogens (primary N) is 1. The van der Waals surface area contributed by atoms with Crippen LogP contribution in [0.4, 0.5) is 5.69 Å². The third kappa shape index (κ3) is 2.09. The molecule has 96 valence electrons. The quantitative estimate of drug-likeness (QED) is 0.559. The van der Waals surface area contributed by atoms with E-state index in [-0.39, 0.29) is 10.6 Å². The Kier molecular flexibility index (Phi) is 2.77. The largest absolute Gasteiger partial charge is 0.768 e. The molecule has 3 aromatic rings. The number of hydrogen-bond acceptors (Lipinski definition) is 5. The molecule has 0 spiro atoms. The molecule has 0 aliphatic carbocycles. The minimum atomic E-state index is -2.39. The van der Waals surface area contributed by atoms with Crippen molar-refractivity contribution in [1.29, 1.82) is 0 Å². The molecule has 1 unspecified atom stereocenters. The van der Waals surface area contributed by atoms with Gasteiger partial charge in [-0.2, -0.15) is 4.80 Å². The molecule has 0 amide bonds. The predicted octanol–water partition coefficient (Wildman–Crippen LogP) is 1.24. The monoisotopic (exact) mass is 273 g/mol. The van der Waals surface area contributed by atoms with Gasteiger partial charge in [0.1, 0.15) is 11.0 Å². The molecule has 7 heteroatoms. The van der Waals surface area contributed by atoms with Crippen LogP contribution < -0.4 is 5.73 Å². The van der Waals surface area contributed by atoms with Crippen LogP contribution in [0.3, 0.4) is 0 Å². The van der Waals surface area contributed by atoms with Crippen LogP contribution in [0, 0.1) is 0 Å². The highest BCUT2D eigenvalue weighted by molar-refractivity contribution is 7.79. The van der Waals surface area contributed by atoms with E-state index in [9.17, 15) is 8.76 Å². The Hall–Kier alpha value is -2.25. The summed E-state index contributed by atoms with van der Waals surface area (Å²) >= 11 is -2.39. The number of hydrogen-bond donors (Lipinski definition) is 1. The molecule has 3 rings (SSSR count). The van der Waals surface area contributed by atoms with Crippen LogP contribution >= 0.6 is 0 Å². The third-order valence-corrected chi connectivity index (χ3v) is 3.41. The van der Waals surface area contributed by atoms with Crippen molar-refractivity contribution in [3.05, 3.63) is 42.5 Å². The molecular weight excluding hydrogens is 264 g/mol. The van der Waals surface area contributed by atoms with E-state index < -0.39 is 11.1 Å². The Morgan fingerprint density at radius 1 is 1.11 bits per heavy atom. The van der Waals surface area contributed by atoms with E-state index in [0.717, 1.165) is 11.0 Å². The maximum absolute atomic E-state index is 11.0. The third-order valence-electron chi connectivity index (χ3n) is 2.69. The molecule has 19 heavy (non-hydrogen) atoms. The van der Waals surface area contributed by atoms with E-state index in [4.69, 9.17) is 5.73 Å². The molecule has 0 saturated carbocycles. The number of benzene rings is 2. The molecule has 0 saturated heterocycles. The normalized spacial score (nSPS) is 12.7. The van der Waals surface area contributed by atoms with E-state index >= 15 is 0 Å². The van der Waals surface area contributed by atoms with Crippen molar-refractivity contribution >= 4 is 27.8 Å². The Morgan fingerprint density at radius 2 is 1.74 bits per heavy atom. The Labute approximate surface area is 111 Å². The van der Waals surface area contributed by atoms with Gasteiger partial charge >= 0.3 is 0 Å². The van der Waals surface area contributed by atoms with E-state index in [1.807, 2.05) is 24.3 Å². The first kappa shape index (κ1) is 11.8. The molecule has 0 aliphatic rings. The molecule has 6 nitrogen and oxygen atoms in total. The van der Waals surface area contributed by atoms with Crippen molar-refractivity contribution in [1.82, 2.24) is 15.0 Å². The highest BCUT2D eigenvalue weighted by Gasteiger charge is 2.07. The van der Waals surface area contributed by atoms with Gasteiger partial charge in [0, 0.05) is 10.6 Å². The molecule has 2 aromatic carbocycles. The van der Waals surface area contributed by atoms with Gasteiger partial charge in [-0.25, -0.2) is 0 Å². The summed E-state index contributed by atoms with van der Waals surface area (Å²) in [5, 5.41) is 8.55. The number of anilines is 1. The summed E-state index contributed by atoms with van der Waals surface area (Å²) in [6.07, 6.45) is 0. The molecule has 1 aromatic heterocycles. The van der Waals surface area contributed by atoms with Gasteiger partial charge in [0.05, 0.1) is 5.69 Å². The lowest BCUT2D eigenvalue weighted by molar-refractivity contribution is 0.537. The summed E-state index contributed by atoms with van der Waals surface area (Å²) in [5.74, 6) is 0. The van der Waals surface area contributed by atoms with E-state index in [2.05, 4.69) is 10.2 Å². The number of nitrogens with zero attached hydrogens (tertiary/aromatic N) is 3. The van der Waals surface area contributed by atoms with Crippen molar-refractivity contribution < 1.29 is 8.76 Å². The van der Waals surface area contributed by atoms with Crippen molar-refractivity contribution in [3.63, 3.8) is 0 Å². The van der Waals surface area contributed by atoms with Gasteiger partial charge in [-0.1, -0.05) is 12.1 Å². The van der Waals surface area contributed by atoms with Crippen LogP contribution in [0.5, 0.6) is 0 Å². The second-order valence-corrected chi connectivity index (χ2v) is 4.84. The summed E-state index contributed by atoms with van der Waals surface area (Å²) in [7, 11) is 0. The van der Waals surface area contributed by atoms with Crippen LogP contribution in [0.25, 0.3) is 16.7 Å². The highest BCUT2D eigenvalue weighted by atomic mass is 32.2. The second-order valence-electron chi connectivity index (χ2n) is 3.93. The number of nitrogen functional groups attached to an aromatic ring is 1. The molecule has 0 fully saturated rings. The van der Waals surface area contributed by atoms with Gasteiger partial charge in [-0.3, -0.25) is 4.21 Å². The zero-order chi connectivity index (χ0) is 13.4. The van der Waals surface area contributed by atoms with Gasteiger partial charge in [0.15, 0.2) is 0 Å². The molecule has 2 N–H and O–H groups in total. The molecule has 0 aliphatic heterocycles. The summed E-state index contributed by atoms with van der Waals surface area (Å²) in [5.41, 5.74) is 7.83. The van der Waals surface area contributed by atoms with Crippen LogP contribution in [-0.4, -0.2) is 23.8 Å². The first-order valence-electron chi connectivity index (χ1n) is 5.46. The maximum atomic E-state index is 11.0. The van der Waals surface area contributed by atoms with Crippen LogP contribution in [0.15, 0.2) is 47.4 Å². The van der Waals surface area contributed by atoms with Gasteiger partial charge in [0.2, 0.25) is 0 Å². The Morgan fingerprint density at radius 3 is 2.32 bits per heavy atom. The van der Waals surface area contributed by atoms with Crippen molar-refractivity contribution in [3.8, 4) is 5.69 Å². The van der Waals surface area contributed by atoms with Crippen molar-refractivity contribution in [2.24, 2.45) is 0 Å². The first-order valence-corrected chi connectivity index (χ1v) is 6.54. The smallest absolute Gasteiger partial charge is 0.113 e. The molecule has 1 atom stereocenters. The van der Waals surface area contributed by atoms with Gasteiger partial charge in [-0.15, -0.1) is 10.2 Å². The topological polar surface area (TPSA) is 96.9 Å². The summed E-state index contributed by atoms with van der Waals surface area (Å²) in [6, 6.07) is 12.0. The lowest BCUT2D eigenvalue weighted by Crippen LogP contribution is -2.03. The van der Waals surface area contributed by atoms with E-state index in [1.54, 1.807) is 6.07 Å². The minimum absolute atomic E-state index is 0.0406. The standard InChI is InChI=1S/C12H10N4O2S/c13-9-6-5-8(7-12(9)19(17)18)16-14-10-3-1-2-4-11(10)15-16/h1-7H,13H2,(H,17,18)/p-1. The number of fused-ring (bicyclic) bond motifs is 1. The van der Waals surface area contributed by atoms with Crippen LogP contribution in [0.2, 0.25) is 0 Å². The Bertz CT molecular complexity index is 751. The highest BCUT2D eigenvalue weighted by Crippen LogP contribution is 2.20. The van der Waals surface area contributed by atoms with Gasteiger partial charge in [0.25, 0.3) is 0 Å². The van der Waals surface area contributed by atoms with Crippen molar-refractivity contribution in [2.45, 2.75) is 4.90 Å². The zero-order valence-corrected chi connectivity index (χ0v) is 10.5. The lowest BCUT2D eigenvalue weighted by Gasteiger charge is -2.10. The zero-order valence-electron chi connectivity index (χ0n) is 9.69. The lowest BCUT2D eigenvalue weighted by atomic mass is 10.3. The second kappa shape index (κ2) is 4.45. The summed E-state index contributed by atoms with van der Waals surface area (Å²) < 4.78 is 22.1. The van der Waals surface area contributed by atoms with Crippen LogP contribution in [-0.2, 0) is 11.1 Å². The Balaban J connectivity index is 2.16. The van der Waals surface area contributed by atoms with Crippen molar-refractivity contribution in [2.75, 3.05) is 5.73 Å². The fraction of sp³-hybridized carbons (Fsp3) is 0. The fourth-order valence-corrected chi connectivity index (χ4v) is 2.24. The van der Waals surface area contributed by atoms with E-state index in [1.165, 1.54) is 16.9 Å². The predicted molar refractivity (Wildman–Crippen MR) is 70.5 cm³/mol. The molecule has 0 radical (unpaired) electrons. The fourth-order valence-electron chi connectivity index (χ4n) is 1.77. The average molecular weight is 273 g/mol. The maximum Gasteiger partial charge on any atom is 0.113 e. The molecule has 1 heterocycles. The van der Waals surface area contributed by atoms with Gasteiger partial charge in [-0.05, 0) is 41.4 Å². The minimum Gasteiger partial charge on any atom is -0.768 e. The molecule has 0 bridgehead atoms. The first-order chi connectivity index (χ1) is 9.15. The SMILES string of the molecule is Nc1ccc(-n2nc3ccccc3n2)cc1S(=O)[O-]. The number of rotatable bonds is 2. The van der Waals surface area contributed by atoms with E-state index in [0.29, 0.717) is 5.69 Å².